The summed E-state index contributed by atoms with van der Waals surface area (Å²) in [5.41, 5.74) is 1.79. The molecule has 4 nitrogen and oxygen atoms in total. The van der Waals surface area contributed by atoms with Crippen LogP contribution >= 0.6 is 0 Å². The third-order valence-corrected chi connectivity index (χ3v) is 3.18. The molecule has 2 rings (SSSR count). The Morgan fingerprint density at radius 2 is 2.43 bits per heavy atom. The lowest BCUT2D eigenvalue weighted by Crippen LogP contribution is -2.07. The number of hydrogen-bond donors (Lipinski definition) is 0. The number of aromatic nitrogens is 3. The van der Waals surface area contributed by atoms with E-state index in [4.69, 9.17) is 0 Å². The van der Waals surface area contributed by atoms with Crippen LogP contribution in [0.4, 0.5) is 0 Å². The molecule has 0 saturated heterocycles. The quantitative estimate of drug-likeness (QED) is 0.762. The molecule has 0 aromatic carbocycles. The molecule has 74 valence electrons. The van der Waals surface area contributed by atoms with Crippen LogP contribution in [-0.2, 0) is 16.7 Å². The van der Waals surface area contributed by atoms with Crippen molar-refractivity contribution in [1.29, 1.82) is 0 Å². The average molecular weight is 209 g/mol. The van der Waals surface area contributed by atoms with Gasteiger partial charge in [-0.05, 0) is 12.1 Å². The van der Waals surface area contributed by atoms with Crippen LogP contribution in [0.3, 0.4) is 0 Å². The standard InChI is InChI=1S/C9H11N3OS/c1-2-14(13)7-12-9-4-3-5-10-8(9)6-11-12/h3-6H,2,7H2,1H3. The van der Waals surface area contributed by atoms with E-state index < -0.39 is 10.8 Å². The van der Waals surface area contributed by atoms with Crippen molar-refractivity contribution in [3.8, 4) is 0 Å². The van der Waals surface area contributed by atoms with Crippen molar-refractivity contribution in [3.63, 3.8) is 0 Å². The van der Waals surface area contributed by atoms with E-state index in [0.29, 0.717) is 11.6 Å². The van der Waals surface area contributed by atoms with Gasteiger partial charge in [-0.25, -0.2) is 0 Å². The number of pyridine rings is 1. The molecule has 0 saturated carbocycles. The van der Waals surface area contributed by atoms with E-state index in [2.05, 4.69) is 10.1 Å². The first-order valence-electron chi connectivity index (χ1n) is 4.42. The minimum atomic E-state index is -0.840. The zero-order valence-electron chi connectivity index (χ0n) is 7.88. The summed E-state index contributed by atoms with van der Waals surface area (Å²) in [5, 5.41) is 4.14. The molecular weight excluding hydrogens is 198 g/mol. The van der Waals surface area contributed by atoms with Gasteiger partial charge in [0.25, 0.3) is 0 Å². The van der Waals surface area contributed by atoms with Crippen molar-refractivity contribution in [1.82, 2.24) is 14.8 Å². The van der Waals surface area contributed by atoms with Gasteiger partial charge in [-0.1, -0.05) is 6.92 Å². The smallest absolute Gasteiger partial charge is 0.117 e. The topological polar surface area (TPSA) is 47.8 Å². The van der Waals surface area contributed by atoms with E-state index in [0.717, 1.165) is 11.0 Å². The lowest BCUT2D eigenvalue weighted by atomic mass is 10.4. The van der Waals surface area contributed by atoms with Gasteiger partial charge in [0.15, 0.2) is 0 Å². The van der Waals surface area contributed by atoms with Crippen molar-refractivity contribution in [3.05, 3.63) is 24.5 Å². The molecule has 0 amide bonds. The Morgan fingerprint density at radius 1 is 1.57 bits per heavy atom. The molecule has 0 spiro atoms. The number of nitrogens with zero attached hydrogens (tertiary/aromatic N) is 3. The molecule has 1 unspecified atom stereocenters. The summed E-state index contributed by atoms with van der Waals surface area (Å²) >= 11 is 0. The molecule has 14 heavy (non-hydrogen) atoms. The summed E-state index contributed by atoms with van der Waals surface area (Å²) in [6.07, 6.45) is 3.42. The maximum absolute atomic E-state index is 11.4. The third kappa shape index (κ3) is 1.68. The highest BCUT2D eigenvalue weighted by atomic mass is 32.2. The Morgan fingerprint density at radius 3 is 3.21 bits per heavy atom. The van der Waals surface area contributed by atoms with Crippen molar-refractivity contribution in [2.75, 3.05) is 5.75 Å². The number of hydrogen-bond acceptors (Lipinski definition) is 3. The molecule has 0 N–H and O–H groups in total. The molecule has 2 heterocycles. The van der Waals surface area contributed by atoms with Gasteiger partial charge in [0.2, 0.25) is 0 Å². The highest BCUT2D eigenvalue weighted by molar-refractivity contribution is 7.83. The molecule has 2 aromatic rings. The molecule has 0 aliphatic rings. The summed E-state index contributed by atoms with van der Waals surface area (Å²) in [7, 11) is -0.840. The van der Waals surface area contributed by atoms with Crippen molar-refractivity contribution in [2.24, 2.45) is 0 Å². The Kier molecular flexibility index (Phi) is 2.58. The molecule has 0 radical (unpaired) electrons. The van der Waals surface area contributed by atoms with Crippen LogP contribution in [0.2, 0.25) is 0 Å². The monoisotopic (exact) mass is 209 g/mol. The molecule has 2 aromatic heterocycles. The first kappa shape index (κ1) is 9.33. The van der Waals surface area contributed by atoms with Crippen LogP contribution in [0, 0.1) is 0 Å². The summed E-state index contributed by atoms with van der Waals surface area (Å²) in [4.78, 5) is 4.15. The third-order valence-electron chi connectivity index (χ3n) is 2.00. The Labute approximate surface area is 84.4 Å². The fraction of sp³-hybridized carbons (Fsp3) is 0.333. The van der Waals surface area contributed by atoms with E-state index in [1.165, 1.54) is 0 Å². The van der Waals surface area contributed by atoms with Crippen LogP contribution in [0.5, 0.6) is 0 Å². The van der Waals surface area contributed by atoms with E-state index in [-0.39, 0.29) is 0 Å². The van der Waals surface area contributed by atoms with Gasteiger partial charge >= 0.3 is 0 Å². The summed E-state index contributed by atoms with van der Waals surface area (Å²) < 4.78 is 13.1. The Balaban J connectivity index is 2.38. The second kappa shape index (κ2) is 3.88. The van der Waals surface area contributed by atoms with Gasteiger partial charge in [-0.3, -0.25) is 13.9 Å². The predicted molar refractivity (Wildman–Crippen MR) is 56.2 cm³/mol. The maximum atomic E-state index is 11.4. The first-order chi connectivity index (χ1) is 6.81. The normalized spacial score (nSPS) is 13.2. The molecule has 0 aliphatic heterocycles. The van der Waals surface area contributed by atoms with E-state index in [1.807, 2.05) is 19.1 Å². The zero-order valence-corrected chi connectivity index (χ0v) is 8.70. The molecule has 0 fully saturated rings. The van der Waals surface area contributed by atoms with E-state index >= 15 is 0 Å². The van der Waals surface area contributed by atoms with Gasteiger partial charge in [-0.2, -0.15) is 5.10 Å². The molecular formula is C9H11N3OS. The van der Waals surface area contributed by atoms with Gasteiger partial charge in [0.1, 0.15) is 11.4 Å². The van der Waals surface area contributed by atoms with Crippen molar-refractivity contribution >= 4 is 21.8 Å². The lowest BCUT2D eigenvalue weighted by Gasteiger charge is -2.00. The van der Waals surface area contributed by atoms with Crippen LogP contribution < -0.4 is 0 Å². The largest absolute Gasteiger partial charge is 0.258 e. The van der Waals surface area contributed by atoms with Gasteiger partial charge in [-0.15, -0.1) is 0 Å². The van der Waals surface area contributed by atoms with E-state index in [1.54, 1.807) is 17.1 Å². The fourth-order valence-electron chi connectivity index (χ4n) is 1.24. The zero-order chi connectivity index (χ0) is 9.97. The predicted octanol–water partition coefficient (Wildman–Crippen LogP) is 1.16. The van der Waals surface area contributed by atoms with Crippen molar-refractivity contribution in [2.45, 2.75) is 12.8 Å². The molecule has 0 aliphatic carbocycles. The van der Waals surface area contributed by atoms with Gasteiger partial charge < -0.3 is 0 Å². The average Bonchev–Trinajstić information content (AvgIpc) is 2.62. The minimum Gasteiger partial charge on any atom is -0.258 e. The van der Waals surface area contributed by atoms with Crippen LogP contribution in [0.1, 0.15) is 6.92 Å². The highest BCUT2D eigenvalue weighted by Gasteiger charge is 2.04. The highest BCUT2D eigenvalue weighted by Crippen LogP contribution is 2.09. The maximum Gasteiger partial charge on any atom is 0.117 e. The minimum absolute atomic E-state index is 0.450. The van der Waals surface area contributed by atoms with Gasteiger partial charge in [0.05, 0.1) is 11.7 Å². The van der Waals surface area contributed by atoms with E-state index in [9.17, 15) is 4.21 Å². The van der Waals surface area contributed by atoms with Crippen LogP contribution in [0.25, 0.3) is 11.0 Å². The van der Waals surface area contributed by atoms with Gasteiger partial charge in [0, 0.05) is 22.7 Å². The Bertz CT molecular complexity index is 466. The molecule has 0 bridgehead atoms. The fourth-order valence-corrected chi connectivity index (χ4v) is 1.91. The number of rotatable bonds is 3. The van der Waals surface area contributed by atoms with Crippen LogP contribution in [-0.4, -0.2) is 24.7 Å². The summed E-state index contributed by atoms with van der Waals surface area (Å²) in [6.45, 7) is 1.90. The first-order valence-corrected chi connectivity index (χ1v) is 5.91. The second-order valence-electron chi connectivity index (χ2n) is 2.91. The SMILES string of the molecule is CCS(=O)Cn1ncc2ncccc21. The number of fused-ring (bicyclic) bond motifs is 1. The summed E-state index contributed by atoms with van der Waals surface area (Å²) in [6, 6.07) is 3.79. The molecule has 1 atom stereocenters. The second-order valence-corrected chi connectivity index (χ2v) is 4.62. The molecule has 5 heteroatoms. The van der Waals surface area contributed by atoms with Crippen molar-refractivity contribution < 1.29 is 4.21 Å². The van der Waals surface area contributed by atoms with Crippen LogP contribution in [0.15, 0.2) is 24.5 Å². The summed E-state index contributed by atoms with van der Waals surface area (Å²) in [5.74, 6) is 1.10. The lowest BCUT2D eigenvalue weighted by molar-refractivity contribution is 0.665. The Hall–Kier alpha value is -1.23.